The number of hydrogen-bond acceptors (Lipinski definition) is 6. The molecule has 1 fully saturated rings. The van der Waals surface area contributed by atoms with Gasteiger partial charge < -0.3 is 20.1 Å². The maximum absolute atomic E-state index is 5.39. The topological polar surface area (TPSA) is 68.3 Å². The van der Waals surface area contributed by atoms with Gasteiger partial charge in [0.2, 0.25) is 0 Å². The molecule has 1 saturated heterocycles. The van der Waals surface area contributed by atoms with E-state index in [0.717, 1.165) is 44.4 Å². The number of rotatable bonds is 8. The van der Waals surface area contributed by atoms with Crippen LogP contribution in [0.5, 0.6) is 0 Å². The summed E-state index contributed by atoms with van der Waals surface area (Å²) in [5, 5.41) is 6.60. The molecule has 1 unspecified atom stereocenters. The van der Waals surface area contributed by atoms with Crippen LogP contribution in [-0.4, -0.2) is 42.9 Å². The normalized spacial score (nSPS) is 18.2. The summed E-state index contributed by atoms with van der Waals surface area (Å²) in [4.78, 5) is 8.91. The highest BCUT2D eigenvalue weighted by Crippen LogP contribution is 2.16. The molecule has 0 aromatic carbocycles. The van der Waals surface area contributed by atoms with Gasteiger partial charge in [-0.25, -0.2) is 9.97 Å². The fourth-order valence-electron chi connectivity index (χ4n) is 2.11. The molecular weight excluding hydrogens is 256 g/mol. The third-order valence-electron chi connectivity index (χ3n) is 3.16. The standard InChI is InChI=1S/C14H24N4O2/c1-3-15-12-7-13(16-8-11-5-6-20-9-11)18-14(17-12)10-19-4-2/h7,11H,3-6,8-10H2,1-2H3,(H2,15,16,17,18). The Morgan fingerprint density at radius 3 is 2.75 bits per heavy atom. The van der Waals surface area contributed by atoms with Crippen LogP contribution in [0.3, 0.4) is 0 Å². The second kappa shape index (κ2) is 8.01. The van der Waals surface area contributed by atoms with Crippen molar-refractivity contribution >= 4 is 11.6 Å². The highest BCUT2D eigenvalue weighted by atomic mass is 16.5. The third kappa shape index (κ3) is 4.61. The number of anilines is 2. The first kappa shape index (κ1) is 15.0. The first-order chi connectivity index (χ1) is 9.81. The van der Waals surface area contributed by atoms with E-state index in [9.17, 15) is 0 Å². The van der Waals surface area contributed by atoms with Gasteiger partial charge >= 0.3 is 0 Å². The summed E-state index contributed by atoms with van der Waals surface area (Å²) in [7, 11) is 0. The summed E-state index contributed by atoms with van der Waals surface area (Å²) in [5.74, 6) is 2.96. The number of nitrogens with one attached hydrogen (secondary N) is 2. The maximum Gasteiger partial charge on any atom is 0.158 e. The van der Waals surface area contributed by atoms with Crippen LogP contribution in [0.4, 0.5) is 11.6 Å². The Labute approximate surface area is 120 Å². The molecule has 0 radical (unpaired) electrons. The molecule has 1 aromatic heterocycles. The first-order valence-electron chi connectivity index (χ1n) is 7.33. The lowest BCUT2D eigenvalue weighted by Crippen LogP contribution is -2.16. The highest BCUT2D eigenvalue weighted by Gasteiger charge is 2.15. The molecule has 0 saturated carbocycles. The molecule has 2 N–H and O–H groups in total. The zero-order valence-electron chi connectivity index (χ0n) is 12.3. The van der Waals surface area contributed by atoms with Gasteiger partial charge in [-0.3, -0.25) is 0 Å². The van der Waals surface area contributed by atoms with Crippen molar-refractivity contribution in [1.29, 1.82) is 0 Å². The van der Waals surface area contributed by atoms with Gasteiger partial charge in [0.25, 0.3) is 0 Å². The summed E-state index contributed by atoms with van der Waals surface area (Å²) in [6.07, 6.45) is 1.12. The average Bonchev–Trinajstić information content (AvgIpc) is 2.96. The van der Waals surface area contributed by atoms with Crippen LogP contribution >= 0.6 is 0 Å². The molecule has 1 aliphatic rings. The molecule has 1 aromatic rings. The first-order valence-corrected chi connectivity index (χ1v) is 7.33. The van der Waals surface area contributed by atoms with Crippen molar-refractivity contribution in [3.8, 4) is 0 Å². The van der Waals surface area contributed by atoms with Crippen molar-refractivity contribution in [2.45, 2.75) is 26.9 Å². The molecule has 112 valence electrons. The Bertz CT molecular complexity index is 408. The molecule has 2 rings (SSSR count). The van der Waals surface area contributed by atoms with Crippen LogP contribution < -0.4 is 10.6 Å². The van der Waals surface area contributed by atoms with Crippen LogP contribution in [0, 0.1) is 5.92 Å². The Morgan fingerprint density at radius 2 is 2.10 bits per heavy atom. The molecule has 20 heavy (non-hydrogen) atoms. The van der Waals surface area contributed by atoms with Gasteiger partial charge in [0, 0.05) is 38.3 Å². The molecule has 6 heteroatoms. The predicted molar refractivity (Wildman–Crippen MR) is 78.9 cm³/mol. The van der Waals surface area contributed by atoms with E-state index < -0.39 is 0 Å². The van der Waals surface area contributed by atoms with Gasteiger partial charge in [-0.1, -0.05) is 0 Å². The fraction of sp³-hybridized carbons (Fsp3) is 0.714. The van der Waals surface area contributed by atoms with E-state index in [1.54, 1.807) is 0 Å². The summed E-state index contributed by atoms with van der Waals surface area (Å²) >= 11 is 0. The average molecular weight is 280 g/mol. The van der Waals surface area contributed by atoms with Crippen LogP contribution in [0.1, 0.15) is 26.1 Å². The van der Waals surface area contributed by atoms with E-state index in [0.29, 0.717) is 25.0 Å². The SMILES string of the molecule is CCNc1cc(NCC2CCOC2)nc(COCC)n1. The van der Waals surface area contributed by atoms with Crippen LogP contribution in [0.2, 0.25) is 0 Å². The van der Waals surface area contributed by atoms with Crippen LogP contribution in [0.15, 0.2) is 6.07 Å². The zero-order valence-corrected chi connectivity index (χ0v) is 12.3. The van der Waals surface area contributed by atoms with Crippen molar-refractivity contribution in [3.63, 3.8) is 0 Å². The quantitative estimate of drug-likeness (QED) is 0.758. The molecule has 0 bridgehead atoms. The third-order valence-corrected chi connectivity index (χ3v) is 3.16. The van der Waals surface area contributed by atoms with E-state index in [1.807, 2.05) is 19.9 Å². The Balaban J connectivity index is 1.98. The van der Waals surface area contributed by atoms with Gasteiger partial charge in [-0.2, -0.15) is 0 Å². The van der Waals surface area contributed by atoms with Gasteiger partial charge in [-0.05, 0) is 20.3 Å². The van der Waals surface area contributed by atoms with Gasteiger partial charge in [0.1, 0.15) is 18.2 Å². The molecule has 0 aliphatic carbocycles. The maximum atomic E-state index is 5.39. The van der Waals surface area contributed by atoms with E-state index in [4.69, 9.17) is 9.47 Å². The smallest absolute Gasteiger partial charge is 0.158 e. The lowest BCUT2D eigenvalue weighted by Gasteiger charge is -2.13. The highest BCUT2D eigenvalue weighted by molar-refractivity contribution is 5.47. The van der Waals surface area contributed by atoms with Crippen LogP contribution in [-0.2, 0) is 16.1 Å². The zero-order chi connectivity index (χ0) is 14.2. The minimum Gasteiger partial charge on any atom is -0.381 e. The Kier molecular flexibility index (Phi) is 6.01. The van der Waals surface area contributed by atoms with Crippen molar-refractivity contribution in [3.05, 3.63) is 11.9 Å². The van der Waals surface area contributed by atoms with Gasteiger partial charge in [-0.15, -0.1) is 0 Å². The molecule has 6 nitrogen and oxygen atoms in total. The van der Waals surface area contributed by atoms with E-state index >= 15 is 0 Å². The predicted octanol–water partition coefficient (Wildman–Crippen LogP) is 1.89. The van der Waals surface area contributed by atoms with Crippen molar-refractivity contribution < 1.29 is 9.47 Å². The number of ether oxygens (including phenoxy) is 2. The Hall–Kier alpha value is -1.40. The second-order valence-electron chi connectivity index (χ2n) is 4.83. The van der Waals surface area contributed by atoms with E-state index in [-0.39, 0.29) is 0 Å². The molecule has 0 spiro atoms. The summed E-state index contributed by atoms with van der Waals surface area (Å²) in [6, 6.07) is 1.94. The monoisotopic (exact) mass is 280 g/mol. The summed E-state index contributed by atoms with van der Waals surface area (Å²) < 4.78 is 10.8. The Morgan fingerprint density at radius 1 is 1.30 bits per heavy atom. The number of aromatic nitrogens is 2. The molecule has 0 amide bonds. The number of nitrogens with zero attached hydrogens (tertiary/aromatic N) is 2. The minimum absolute atomic E-state index is 0.441. The lowest BCUT2D eigenvalue weighted by molar-refractivity contribution is 0.128. The van der Waals surface area contributed by atoms with Crippen LogP contribution in [0.25, 0.3) is 0 Å². The van der Waals surface area contributed by atoms with E-state index in [2.05, 4.69) is 20.6 Å². The minimum atomic E-state index is 0.441. The molecule has 2 heterocycles. The second-order valence-corrected chi connectivity index (χ2v) is 4.83. The lowest BCUT2D eigenvalue weighted by atomic mass is 10.1. The van der Waals surface area contributed by atoms with Crippen molar-refractivity contribution in [2.75, 3.05) is 43.5 Å². The molecular formula is C14H24N4O2. The summed E-state index contributed by atoms with van der Waals surface area (Å²) in [5.41, 5.74) is 0. The van der Waals surface area contributed by atoms with E-state index in [1.165, 1.54) is 0 Å². The van der Waals surface area contributed by atoms with Gasteiger partial charge in [0.15, 0.2) is 5.82 Å². The van der Waals surface area contributed by atoms with Crippen molar-refractivity contribution in [2.24, 2.45) is 5.92 Å². The summed E-state index contributed by atoms with van der Waals surface area (Å²) in [6.45, 7) is 8.55. The largest absolute Gasteiger partial charge is 0.381 e. The molecule has 1 atom stereocenters. The fourth-order valence-corrected chi connectivity index (χ4v) is 2.11. The molecule has 1 aliphatic heterocycles. The van der Waals surface area contributed by atoms with Crippen molar-refractivity contribution in [1.82, 2.24) is 9.97 Å². The van der Waals surface area contributed by atoms with Gasteiger partial charge in [0.05, 0.1) is 6.61 Å². The number of hydrogen-bond donors (Lipinski definition) is 2.